The summed E-state index contributed by atoms with van der Waals surface area (Å²) in [7, 11) is 0. The van der Waals surface area contributed by atoms with Gasteiger partial charge in [-0.15, -0.1) is 0 Å². The number of halogens is 1. The normalized spacial score (nSPS) is 18.2. The molecule has 7 heteroatoms. The van der Waals surface area contributed by atoms with Crippen molar-refractivity contribution in [3.63, 3.8) is 0 Å². The molecule has 1 fully saturated rings. The quantitative estimate of drug-likeness (QED) is 0.653. The topological polar surface area (TPSA) is 69.3 Å². The van der Waals surface area contributed by atoms with Gasteiger partial charge in [0.25, 0.3) is 11.8 Å². The molecule has 3 aromatic rings. The van der Waals surface area contributed by atoms with Gasteiger partial charge in [-0.25, -0.2) is 0 Å². The van der Waals surface area contributed by atoms with Gasteiger partial charge in [-0.1, -0.05) is 35.9 Å². The number of carbonyl (C=O) groups is 2. The molecule has 0 saturated carbocycles. The van der Waals surface area contributed by atoms with Crippen molar-refractivity contribution < 1.29 is 9.59 Å². The number of rotatable bonds is 3. The van der Waals surface area contributed by atoms with Crippen molar-refractivity contribution in [2.24, 2.45) is 0 Å². The lowest BCUT2D eigenvalue weighted by atomic mass is 9.98. The fourth-order valence-corrected chi connectivity index (χ4v) is 4.78. The number of likely N-dealkylation sites (tertiary alicyclic amines) is 1. The van der Waals surface area contributed by atoms with Crippen molar-refractivity contribution in [1.82, 2.24) is 15.1 Å². The average molecular weight is 435 g/mol. The van der Waals surface area contributed by atoms with E-state index >= 15 is 0 Å². The Kier molecular flexibility index (Phi) is 5.24. The highest BCUT2D eigenvalue weighted by molar-refractivity contribution is 6.31. The molecule has 31 heavy (non-hydrogen) atoms. The number of piperidine rings is 1. The molecule has 0 aliphatic carbocycles. The number of benzene rings is 2. The van der Waals surface area contributed by atoms with Crippen LogP contribution in [-0.4, -0.2) is 40.0 Å². The van der Waals surface area contributed by atoms with Gasteiger partial charge in [0, 0.05) is 29.4 Å². The Morgan fingerprint density at radius 1 is 1.00 bits per heavy atom. The Morgan fingerprint density at radius 3 is 2.74 bits per heavy atom. The minimum absolute atomic E-state index is 0.0526. The molecule has 3 heterocycles. The van der Waals surface area contributed by atoms with E-state index < -0.39 is 0 Å². The number of hydrogen-bond acceptors (Lipinski definition) is 3. The van der Waals surface area contributed by atoms with Crippen LogP contribution in [0, 0.1) is 0 Å². The van der Waals surface area contributed by atoms with E-state index in [1.807, 2.05) is 23.1 Å². The second-order valence-electron chi connectivity index (χ2n) is 8.06. The van der Waals surface area contributed by atoms with Crippen LogP contribution in [0.25, 0.3) is 0 Å². The highest BCUT2D eigenvalue weighted by Gasteiger charge is 2.32. The van der Waals surface area contributed by atoms with Gasteiger partial charge in [-0.3, -0.25) is 14.7 Å². The molecule has 5 rings (SSSR count). The minimum Gasteiger partial charge on any atom is -0.330 e. The van der Waals surface area contributed by atoms with Gasteiger partial charge in [0.2, 0.25) is 0 Å². The highest BCUT2D eigenvalue weighted by Crippen LogP contribution is 2.33. The minimum atomic E-state index is -0.139. The summed E-state index contributed by atoms with van der Waals surface area (Å²) in [6.07, 6.45) is 3.65. The molecule has 0 radical (unpaired) electrons. The van der Waals surface area contributed by atoms with Gasteiger partial charge >= 0.3 is 0 Å². The van der Waals surface area contributed by atoms with Crippen LogP contribution < -0.4 is 4.90 Å². The number of H-pyrrole nitrogens is 1. The van der Waals surface area contributed by atoms with Gasteiger partial charge in [0.15, 0.2) is 5.69 Å². The standard InChI is InChI=1S/C24H23ClN4O2/c25-18-8-5-7-17(14-18)23(30)28-12-4-3-10-22(28)19-15-20(27-26-19)24(31)29-13-11-16-6-1-2-9-21(16)29/h1-2,5-9,14-15,22H,3-4,10-13H2,(H,26,27). The largest absolute Gasteiger partial charge is 0.330 e. The summed E-state index contributed by atoms with van der Waals surface area (Å²) < 4.78 is 0. The zero-order chi connectivity index (χ0) is 21.4. The van der Waals surface area contributed by atoms with E-state index in [1.54, 1.807) is 35.2 Å². The lowest BCUT2D eigenvalue weighted by molar-refractivity contribution is 0.0606. The fraction of sp³-hybridized carbons (Fsp3) is 0.292. The predicted molar refractivity (Wildman–Crippen MR) is 119 cm³/mol. The van der Waals surface area contributed by atoms with Crippen LogP contribution in [0.3, 0.4) is 0 Å². The molecule has 2 aromatic carbocycles. The molecule has 0 spiro atoms. The molecular weight excluding hydrogens is 412 g/mol. The zero-order valence-electron chi connectivity index (χ0n) is 17.1. The second kappa shape index (κ2) is 8.19. The van der Waals surface area contributed by atoms with Crippen LogP contribution in [0.2, 0.25) is 5.02 Å². The van der Waals surface area contributed by atoms with Crippen molar-refractivity contribution in [3.05, 3.63) is 82.1 Å². The van der Waals surface area contributed by atoms with Crippen molar-refractivity contribution in [1.29, 1.82) is 0 Å². The molecule has 1 N–H and O–H groups in total. The number of fused-ring (bicyclic) bond motifs is 1. The summed E-state index contributed by atoms with van der Waals surface area (Å²) in [6, 6.07) is 16.7. The number of nitrogens with zero attached hydrogens (tertiary/aromatic N) is 3. The van der Waals surface area contributed by atoms with Gasteiger partial charge in [-0.05, 0) is 61.6 Å². The lowest BCUT2D eigenvalue weighted by Gasteiger charge is -2.35. The van der Waals surface area contributed by atoms with E-state index in [2.05, 4.69) is 16.3 Å². The Bertz CT molecular complexity index is 1140. The number of nitrogens with one attached hydrogen (secondary N) is 1. The molecule has 1 unspecified atom stereocenters. The Hall–Kier alpha value is -3.12. The van der Waals surface area contributed by atoms with E-state index in [9.17, 15) is 9.59 Å². The first-order valence-electron chi connectivity index (χ1n) is 10.6. The van der Waals surface area contributed by atoms with Crippen LogP contribution in [0.15, 0.2) is 54.6 Å². The van der Waals surface area contributed by atoms with E-state index in [4.69, 9.17) is 11.6 Å². The lowest BCUT2D eigenvalue weighted by Crippen LogP contribution is -2.38. The Balaban J connectivity index is 1.39. The van der Waals surface area contributed by atoms with Crippen molar-refractivity contribution in [3.8, 4) is 0 Å². The van der Waals surface area contributed by atoms with Crippen LogP contribution in [-0.2, 0) is 6.42 Å². The van der Waals surface area contributed by atoms with Gasteiger partial charge in [0.1, 0.15) is 0 Å². The van der Waals surface area contributed by atoms with E-state index in [-0.39, 0.29) is 17.9 Å². The number of aromatic amines is 1. The summed E-state index contributed by atoms with van der Waals surface area (Å²) in [5.41, 5.74) is 3.88. The van der Waals surface area contributed by atoms with E-state index in [0.717, 1.165) is 37.1 Å². The maximum Gasteiger partial charge on any atom is 0.278 e. The molecule has 1 saturated heterocycles. The molecular formula is C24H23ClN4O2. The maximum absolute atomic E-state index is 13.2. The summed E-state index contributed by atoms with van der Waals surface area (Å²) in [5.74, 6) is -0.167. The second-order valence-corrected chi connectivity index (χ2v) is 8.50. The van der Waals surface area contributed by atoms with Crippen LogP contribution in [0.1, 0.15) is 57.4 Å². The first kappa shape index (κ1) is 19.8. The Labute approximate surface area is 185 Å². The number of para-hydroxylation sites is 1. The molecule has 1 atom stereocenters. The maximum atomic E-state index is 13.2. The predicted octanol–water partition coefficient (Wildman–Crippen LogP) is 4.63. The van der Waals surface area contributed by atoms with Crippen molar-refractivity contribution in [2.75, 3.05) is 18.0 Å². The monoisotopic (exact) mass is 434 g/mol. The molecule has 2 amide bonds. The molecule has 2 aliphatic rings. The molecule has 158 valence electrons. The number of aromatic nitrogens is 2. The van der Waals surface area contributed by atoms with Crippen molar-refractivity contribution in [2.45, 2.75) is 31.7 Å². The fourth-order valence-electron chi connectivity index (χ4n) is 4.59. The molecule has 6 nitrogen and oxygen atoms in total. The van der Waals surface area contributed by atoms with Crippen LogP contribution in [0.5, 0.6) is 0 Å². The van der Waals surface area contributed by atoms with Crippen LogP contribution >= 0.6 is 11.6 Å². The van der Waals surface area contributed by atoms with Gasteiger partial charge in [0.05, 0.1) is 11.7 Å². The third-order valence-electron chi connectivity index (χ3n) is 6.14. The number of anilines is 1. The molecule has 2 aliphatic heterocycles. The SMILES string of the molecule is O=C(c1cc(C2CCCCN2C(=O)c2cccc(Cl)c2)[nH]n1)N1CCc2ccccc21. The molecule has 0 bridgehead atoms. The average Bonchev–Trinajstić information content (AvgIpc) is 3.46. The summed E-state index contributed by atoms with van der Waals surface area (Å²) in [5, 5.41) is 7.89. The van der Waals surface area contributed by atoms with Gasteiger partial charge < -0.3 is 9.80 Å². The summed E-state index contributed by atoms with van der Waals surface area (Å²) in [4.78, 5) is 30.0. The smallest absolute Gasteiger partial charge is 0.278 e. The van der Waals surface area contributed by atoms with Gasteiger partial charge in [-0.2, -0.15) is 5.10 Å². The number of hydrogen-bond donors (Lipinski definition) is 1. The first-order chi connectivity index (χ1) is 15.1. The van der Waals surface area contributed by atoms with E-state index in [1.165, 1.54) is 5.56 Å². The zero-order valence-corrected chi connectivity index (χ0v) is 17.8. The van der Waals surface area contributed by atoms with Crippen molar-refractivity contribution >= 4 is 29.1 Å². The molecule has 1 aromatic heterocycles. The third kappa shape index (κ3) is 3.72. The summed E-state index contributed by atoms with van der Waals surface area (Å²) >= 11 is 6.09. The summed E-state index contributed by atoms with van der Waals surface area (Å²) in [6.45, 7) is 1.32. The number of carbonyl (C=O) groups excluding carboxylic acids is 2. The third-order valence-corrected chi connectivity index (χ3v) is 6.38. The number of amides is 2. The Morgan fingerprint density at radius 2 is 1.87 bits per heavy atom. The van der Waals surface area contributed by atoms with E-state index in [0.29, 0.717) is 29.4 Å². The van der Waals surface area contributed by atoms with Crippen LogP contribution in [0.4, 0.5) is 5.69 Å². The highest BCUT2D eigenvalue weighted by atomic mass is 35.5. The first-order valence-corrected chi connectivity index (χ1v) is 11.0.